The van der Waals surface area contributed by atoms with Crippen LogP contribution < -0.4 is 14.8 Å². The third kappa shape index (κ3) is 2.75. The van der Waals surface area contributed by atoms with E-state index in [1.165, 1.54) is 5.56 Å². The maximum Gasteiger partial charge on any atom is 0.165 e. The first-order valence-electron chi connectivity index (χ1n) is 6.85. The van der Waals surface area contributed by atoms with E-state index in [1.807, 2.05) is 36.7 Å². The second-order valence-electron chi connectivity index (χ2n) is 4.82. The average molecular weight is 270 g/mol. The maximum atomic E-state index is 5.72. The Balaban J connectivity index is 1.70. The van der Waals surface area contributed by atoms with Crippen molar-refractivity contribution in [1.82, 2.24) is 10.3 Å². The molecule has 1 atom stereocenters. The lowest BCUT2D eigenvalue weighted by atomic mass is 10.1. The summed E-state index contributed by atoms with van der Waals surface area (Å²) in [5.41, 5.74) is 2.35. The molecule has 0 aliphatic carbocycles. The van der Waals surface area contributed by atoms with Crippen LogP contribution in [-0.2, 0) is 6.54 Å². The number of para-hydroxylation sites is 1. The highest BCUT2D eigenvalue weighted by Crippen LogP contribution is 2.33. The van der Waals surface area contributed by atoms with Gasteiger partial charge in [-0.25, -0.2) is 0 Å². The Hall–Kier alpha value is -2.07. The van der Waals surface area contributed by atoms with Gasteiger partial charge in [0.25, 0.3) is 0 Å². The van der Waals surface area contributed by atoms with Crippen LogP contribution in [0.5, 0.6) is 11.5 Å². The second-order valence-corrected chi connectivity index (χ2v) is 4.82. The molecule has 4 heteroatoms. The number of pyridine rings is 1. The summed E-state index contributed by atoms with van der Waals surface area (Å²) in [6.07, 6.45) is 3.63. The molecular weight excluding hydrogens is 252 g/mol. The molecule has 0 amide bonds. The molecule has 0 unspecified atom stereocenters. The predicted octanol–water partition coefficient (Wildman–Crippen LogP) is 2.70. The number of nitrogens with one attached hydrogen (secondary N) is 1. The van der Waals surface area contributed by atoms with Crippen LogP contribution in [0.2, 0.25) is 0 Å². The first-order valence-corrected chi connectivity index (χ1v) is 6.85. The molecule has 0 spiro atoms. The van der Waals surface area contributed by atoms with Crippen molar-refractivity contribution >= 4 is 0 Å². The van der Waals surface area contributed by atoms with Gasteiger partial charge < -0.3 is 14.8 Å². The Bertz CT molecular complexity index is 572. The standard InChI is InChI=1S/C16H18N2O2/c1-12(13-5-7-17-8-6-13)18-11-14-3-2-4-15-16(14)20-10-9-19-15/h2-8,12,18H,9-11H2,1H3/t12-/m1/s1. The van der Waals surface area contributed by atoms with E-state index in [9.17, 15) is 0 Å². The smallest absolute Gasteiger partial charge is 0.165 e. The Morgan fingerprint density at radius 3 is 2.80 bits per heavy atom. The van der Waals surface area contributed by atoms with Crippen LogP contribution in [0.3, 0.4) is 0 Å². The van der Waals surface area contributed by atoms with Crippen molar-refractivity contribution in [2.45, 2.75) is 19.5 Å². The minimum atomic E-state index is 0.262. The molecule has 1 N–H and O–H groups in total. The highest BCUT2D eigenvalue weighted by molar-refractivity contribution is 5.47. The van der Waals surface area contributed by atoms with Crippen LogP contribution in [0.4, 0.5) is 0 Å². The summed E-state index contributed by atoms with van der Waals surface area (Å²) in [4.78, 5) is 4.04. The highest BCUT2D eigenvalue weighted by Gasteiger charge is 2.15. The number of fused-ring (bicyclic) bond motifs is 1. The van der Waals surface area contributed by atoms with Gasteiger partial charge in [0.05, 0.1) is 0 Å². The average Bonchev–Trinajstić information content (AvgIpc) is 2.53. The largest absolute Gasteiger partial charge is 0.486 e. The predicted molar refractivity (Wildman–Crippen MR) is 76.9 cm³/mol. The van der Waals surface area contributed by atoms with Crippen LogP contribution >= 0.6 is 0 Å². The van der Waals surface area contributed by atoms with E-state index in [0.717, 1.165) is 23.6 Å². The zero-order chi connectivity index (χ0) is 13.8. The lowest BCUT2D eigenvalue weighted by molar-refractivity contribution is 0.169. The zero-order valence-electron chi connectivity index (χ0n) is 11.5. The van der Waals surface area contributed by atoms with Gasteiger partial charge in [-0.3, -0.25) is 4.98 Å². The maximum absolute atomic E-state index is 5.72. The summed E-state index contributed by atoms with van der Waals surface area (Å²) >= 11 is 0. The van der Waals surface area contributed by atoms with Gasteiger partial charge in [-0.15, -0.1) is 0 Å². The molecule has 2 heterocycles. The van der Waals surface area contributed by atoms with E-state index in [2.05, 4.69) is 23.3 Å². The van der Waals surface area contributed by atoms with Gasteiger partial charge in [-0.2, -0.15) is 0 Å². The number of hydrogen-bond acceptors (Lipinski definition) is 4. The Kier molecular flexibility index (Phi) is 3.83. The Labute approximate surface area is 118 Å². The van der Waals surface area contributed by atoms with Gasteiger partial charge in [0.2, 0.25) is 0 Å². The fourth-order valence-corrected chi connectivity index (χ4v) is 2.31. The topological polar surface area (TPSA) is 43.4 Å². The monoisotopic (exact) mass is 270 g/mol. The molecular formula is C16H18N2O2. The number of benzene rings is 1. The Morgan fingerprint density at radius 2 is 1.95 bits per heavy atom. The molecule has 1 aromatic heterocycles. The van der Waals surface area contributed by atoms with Crippen LogP contribution in [0, 0.1) is 0 Å². The summed E-state index contributed by atoms with van der Waals surface area (Å²) in [7, 11) is 0. The molecule has 0 radical (unpaired) electrons. The van der Waals surface area contributed by atoms with Crippen LogP contribution in [-0.4, -0.2) is 18.2 Å². The number of aromatic nitrogens is 1. The number of ether oxygens (including phenoxy) is 2. The molecule has 0 fully saturated rings. The van der Waals surface area contributed by atoms with Gasteiger partial charge >= 0.3 is 0 Å². The molecule has 1 aromatic carbocycles. The molecule has 0 saturated carbocycles. The number of hydrogen-bond donors (Lipinski definition) is 1. The van der Waals surface area contributed by atoms with E-state index in [1.54, 1.807) is 0 Å². The molecule has 0 bridgehead atoms. The van der Waals surface area contributed by atoms with Gasteiger partial charge in [0.1, 0.15) is 13.2 Å². The molecule has 20 heavy (non-hydrogen) atoms. The zero-order valence-corrected chi connectivity index (χ0v) is 11.5. The van der Waals surface area contributed by atoms with Gasteiger partial charge in [-0.05, 0) is 30.7 Å². The minimum absolute atomic E-state index is 0.262. The van der Waals surface area contributed by atoms with Crippen LogP contribution in [0.25, 0.3) is 0 Å². The second kappa shape index (κ2) is 5.92. The third-order valence-corrected chi connectivity index (χ3v) is 3.45. The number of nitrogens with zero attached hydrogens (tertiary/aromatic N) is 1. The van der Waals surface area contributed by atoms with Crippen molar-refractivity contribution in [2.75, 3.05) is 13.2 Å². The normalized spacial score (nSPS) is 14.8. The number of rotatable bonds is 4. The lowest BCUT2D eigenvalue weighted by Crippen LogP contribution is -2.21. The van der Waals surface area contributed by atoms with Crippen molar-refractivity contribution in [3.63, 3.8) is 0 Å². The van der Waals surface area contributed by atoms with Gasteiger partial charge in [0, 0.05) is 30.5 Å². The summed E-state index contributed by atoms with van der Waals surface area (Å²) in [5.74, 6) is 1.71. The van der Waals surface area contributed by atoms with Gasteiger partial charge in [0.15, 0.2) is 11.5 Å². The van der Waals surface area contributed by atoms with E-state index >= 15 is 0 Å². The van der Waals surface area contributed by atoms with Crippen LogP contribution in [0.1, 0.15) is 24.1 Å². The fraction of sp³-hybridized carbons (Fsp3) is 0.312. The van der Waals surface area contributed by atoms with Crippen molar-refractivity contribution < 1.29 is 9.47 Å². The SMILES string of the molecule is C[C@@H](NCc1cccc2c1OCCO2)c1ccncc1. The first kappa shape index (κ1) is 12.9. The molecule has 1 aliphatic rings. The molecule has 3 rings (SSSR count). The van der Waals surface area contributed by atoms with E-state index in [-0.39, 0.29) is 6.04 Å². The fourth-order valence-electron chi connectivity index (χ4n) is 2.31. The van der Waals surface area contributed by atoms with Crippen molar-refractivity contribution in [3.05, 3.63) is 53.9 Å². The molecule has 104 valence electrons. The quantitative estimate of drug-likeness (QED) is 0.927. The van der Waals surface area contributed by atoms with E-state index in [0.29, 0.717) is 13.2 Å². The highest BCUT2D eigenvalue weighted by atomic mass is 16.6. The van der Waals surface area contributed by atoms with Crippen LogP contribution in [0.15, 0.2) is 42.7 Å². The van der Waals surface area contributed by atoms with Gasteiger partial charge in [-0.1, -0.05) is 12.1 Å². The molecule has 1 aliphatic heterocycles. The third-order valence-electron chi connectivity index (χ3n) is 3.45. The molecule has 4 nitrogen and oxygen atoms in total. The summed E-state index contributed by atoms with van der Waals surface area (Å²) in [6, 6.07) is 10.3. The minimum Gasteiger partial charge on any atom is -0.486 e. The van der Waals surface area contributed by atoms with Crippen molar-refractivity contribution in [1.29, 1.82) is 0 Å². The summed E-state index contributed by atoms with van der Waals surface area (Å²) < 4.78 is 11.3. The first-order chi connectivity index (χ1) is 9.84. The summed E-state index contributed by atoms with van der Waals surface area (Å²) in [6.45, 7) is 4.12. The molecule has 0 saturated heterocycles. The lowest BCUT2D eigenvalue weighted by Gasteiger charge is -2.22. The van der Waals surface area contributed by atoms with Crippen molar-refractivity contribution in [3.8, 4) is 11.5 Å². The summed E-state index contributed by atoms with van der Waals surface area (Å²) in [5, 5.41) is 3.50. The van der Waals surface area contributed by atoms with E-state index in [4.69, 9.17) is 9.47 Å². The van der Waals surface area contributed by atoms with E-state index < -0.39 is 0 Å². The Morgan fingerprint density at radius 1 is 1.15 bits per heavy atom. The van der Waals surface area contributed by atoms with Crippen molar-refractivity contribution in [2.24, 2.45) is 0 Å². The molecule has 2 aromatic rings.